The summed E-state index contributed by atoms with van der Waals surface area (Å²) < 4.78 is 31.5. The van der Waals surface area contributed by atoms with Crippen molar-refractivity contribution in [2.24, 2.45) is 0 Å². The maximum atomic E-state index is 12.7. The predicted molar refractivity (Wildman–Crippen MR) is 126 cm³/mol. The summed E-state index contributed by atoms with van der Waals surface area (Å²) in [5, 5.41) is 23.4. The number of likely N-dealkylation sites (tertiary alicyclic amines) is 1. The summed E-state index contributed by atoms with van der Waals surface area (Å²) in [5.74, 6) is -0.216. The van der Waals surface area contributed by atoms with Crippen LogP contribution in [-0.4, -0.2) is 52.0 Å². The summed E-state index contributed by atoms with van der Waals surface area (Å²) in [6.07, 6.45) is 1.89. The zero-order valence-electron chi connectivity index (χ0n) is 19.0. The minimum Gasteiger partial charge on any atom is -0.504 e. The number of benzene rings is 2. The van der Waals surface area contributed by atoms with Crippen LogP contribution in [0.5, 0.6) is 17.2 Å². The Bertz CT molecular complexity index is 1210. The summed E-state index contributed by atoms with van der Waals surface area (Å²) in [6.45, 7) is 2.39. The number of aryl methyl sites for hydroxylation is 1. The second kappa shape index (κ2) is 10.4. The number of pyridine rings is 1. The molecule has 3 N–H and O–H groups in total. The number of aromatic nitrogens is 1. The molecule has 1 aromatic heterocycles. The Hall–Kier alpha value is -3.17. The highest BCUT2D eigenvalue weighted by molar-refractivity contribution is 5.83. The van der Waals surface area contributed by atoms with Crippen molar-refractivity contribution in [3.05, 3.63) is 63.9 Å². The SMILES string of the molecule is Cc1cc(=O)n(CCN2CCC(NCc3ccc(O)c(O)c3)CC2)c2cc(OC(F)F)ccc12. The van der Waals surface area contributed by atoms with E-state index in [2.05, 4.69) is 15.0 Å². The molecule has 7 nitrogen and oxygen atoms in total. The van der Waals surface area contributed by atoms with Gasteiger partial charge in [0.15, 0.2) is 11.5 Å². The van der Waals surface area contributed by atoms with E-state index in [0.717, 1.165) is 42.4 Å². The third-order valence-electron chi connectivity index (χ3n) is 6.38. The number of aromatic hydroxyl groups is 2. The number of piperidine rings is 1. The van der Waals surface area contributed by atoms with Crippen molar-refractivity contribution in [2.75, 3.05) is 19.6 Å². The van der Waals surface area contributed by atoms with Gasteiger partial charge in [-0.05, 0) is 68.2 Å². The minimum absolute atomic E-state index is 0.0371. The average molecular weight is 474 g/mol. The van der Waals surface area contributed by atoms with Gasteiger partial charge in [0.2, 0.25) is 0 Å². The number of rotatable bonds is 8. The van der Waals surface area contributed by atoms with E-state index in [9.17, 15) is 23.8 Å². The van der Waals surface area contributed by atoms with Crippen LogP contribution in [0.25, 0.3) is 10.9 Å². The first-order chi connectivity index (χ1) is 16.3. The second-order valence-corrected chi connectivity index (χ2v) is 8.69. The molecule has 0 amide bonds. The number of nitrogens with zero attached hydrogens (tertiary/aromatic N) is 2. The highest BCUT2D eigenvalue weighted by Crippen LogP contribution is 2.25. The quantitative estimate of drug-likeness (QED) is 0.434. The molecule has 2 aromatic carbocycles. The number of hydrogen-bond acceptors (Lipinski definition) is 6. The first-order valence-corrected chi connectivity index (χ1v) is 11.4. The van der Waals surface area contributed by atoms with E-state index in [1.54, 1.807) is 28.8 Å². The zero-order chi connectivity index (χ0) is 24.2. The molecule has 1 aliphatic rings. The number of alkyl halides is 2. The molecule has 3 aromatic rings. The third-order valence-corrected chi connectivity index (χ3v) is 6.38. The Balaban J connectivity index is 1.35. The molecular weight excluding hydrogens is 444 g/mol. The lowest BCUT2D eigenvalue weighted by Crippen LogP contribution is -2.43. The zero-order valence-corrected chi connectivity index (χ0v) is 19.0. The number of ether oxygens (including phenoxy) is 1. The van der Waals surface area contributed by atoms with Gasteiger partial charge >= 0.3 is 6.61 Å². The Morgan fingerprint density at radius 2 is 1.82 bits per heavy atom. The summed E-state index contributed by atoms with van der Waals surface area (Å²) in [4.78, 5) is 15.0. The van der Waals surface area contributed by atoms with Crippen molar-refractivity contribution in [1.29, 1.82) is 0 Å². The molecule has 0 spiro atoms. The van der Waals surface area contributed by atoms with Crippen molar-refractivity contribution in [1.82, 2.24) is 14.8 Å². The van der Waals surface area contributed by atoms with E-state index in [1.165, 1.54) is 18.2 Å². The Kier molecular flexibility index (Phi) is 7.33. The Morgan fingerprint density at radius 3 is 2.53 bits per heavy atom. The molecule has 0 aliphatic carbocycles. The van der Waals surface area contributed by atoms with Gasteiger partial charge in [0, 0.05) is 43.2 Å². The van der Waals surface area contributed by atoms with Gasteiger partial charge in [-0.25, -0.2) is 0 Å². The highest BCUT2D eigenvalue weighted by atomic mass is 19.3. The molecule has 34 heavy (non-hydrogen) atoms. The smallest absolute Gasteiger partial charge is 0.387 e. The standard InChI is InChI=1S/C25H29F2N3O4/c1-16-12-24(33)30(21-14-19(34-25(26)27)3-4-20(16)21)11-10-29-8-6-18(7-9-29)28-15-17-2-5-22(31)23(32)13-17/h2-5,12-14,18,25,28,31-32H,6-11,15H2,1H3. The largest absolute Gasteiger partial charge is 0.504 e. The van der Waals surface area contributed by atoms with Crippen molar-refractivity contribution >= 4 is 10.9 Å². The average Bonchev–Trinajstić information content (AvgIpc) is 2.80. The van der Waals surface area contributed by atoms with Crippen LogP contribution in [0.1, 0.15) is 24.0 Å². The van der Waals surface area contributed by atoms with Gasteiger partial charge in [-0.3, -0.25) is 4.79 Å². The van der Waals surface area contributed by atoms with Crippen molar-refractivity contribution in [2.45, 2.75) is 45.5 Å². The molecule has 0 atom stereocenters. The van der Waals surface area contributed by atoms with Gasteiger partial charge in [0.25, 0.3) is 5.56 Å². The van der Waals surface area contributed by atoms with E-state index in [4.69, 9.17) is 0 Å². The number of nitrogens with one attached hydrogen (secondary N) is 1. The Morgan fingerprint density at radius 1 is 1.06 bits per heavy atom. The van der Waals surface area contributed by atoms with Crippen LogP contribution in [0.4, 0.5) is 8.78 Å². The molecule has 1 aliphatic heterocycles. The first kappa shape index (κ1) is 24.0. The number of halogens is 2. The maximum absolute atomic E-state index is 12.7. The molecule has 4 rings (SSSR count). The minimum atomic E-state index is -2.92. The second-order valence-electron chi connectivity index (χ2n) is 8.69. The van der Waals surface area contributed by atoms with Crippen LogP contribution in [0.2, 0.25) is 0 Å². The topological polar surface area (TPSA) is 87.0 Å². The summed E-state index contributed by atoms with van der Waals surface area (Å²) >= 11 is 0. The van der Waals surface area contributed by atoms with E-state index in [-0.39, 0.29) is 22.8 Å². The normalized spacial score (nSPS) is 15.3. The van der Waals surface area contributed by atoms with Gasteiger partial charge in [-0.1, -0.05) is 6.07 Å². The lowest BCUT2D eigenvalue weighted by atomic mass is 10.0. The van der Waals surface area contributed by atoms with E-state index in [0.29, 0.717) is 31.2 Å². The molecule has 0 saturated carbocycles. The van der Waals surface area contributed by atoms with Gasteiger partial charge in [-0.15, -0.1) is 0 Å². The highest BCUT2D eigenvalue weighted by Gasteiger charge is 2.19. The molecule has 1 saturated heterocycles. The molecule has 0 radical (unpaired) electrons. The lowest BCUT2D eigenvalue weighted by molar-refractivity contribution is -0.0497. The van der Waals surface area contributed by atoms with E-state index >= 15 is 0 Å². The molecule has 1 fully saturated rings. The van der Waals surface area contributed by atoms with E-state index in [1.807, 2.05) is 6.92 Å². The van der Waals surface area contributed by atoms with Crippen molar-refractivity contribution in [3.8, 4) is 17.2 Å². The Labute approximate surface area is 196 Å². The van der Waals surface area contributed by atoms with Crippen molar-refractivity contribution in [3.63, 3.8) is 0 Å². The summed E-state index contributed by atoms with van der Waals surface area (Å²) in [5.41, 5.74) is 2.14. The number of phenolic OH excluding ortho intramolecular Hbond substituents is 2. The van der Waals surface area contributed by atoms with Gasteiger partial charge < -0.3 is 29.7 Å². The molecule has 182 valence electrons. The van der Waals surface area contributed by atoms with Gasteiger partial charge in [0.1, 0.15) is 5.75 Å². The van der Waals surface area contributed by atoms with Crippen LogP contribution >= 0.6 is 0 Å². The van der Waals surface area contributed by atoms with Crippen LogP contribution < -0.4 is 15.6 Å². The van der Waals surface area contributed by atoms with Crippen LogP contribution in [0.3, 0.4) is 0 Å². The number of hydrogen-bond donors (Lipinski definition) is 3. The molecular formula is C25H29F2N3O4. The summed E-state index contributed by atoms with van der Waals surface area (Å²) in [6, 6.07) is 11.4. The fourth-order valence-corrected chi connectivity index (χ4v) is 4.48. The third kappa shape index (κ3) is 5.66. The molecule has 0 bridgehead atoms. The maximum Gasteiger partial charge on any atom is 0.387 e. The monoisotopic (exact) mass is 473 g/mol. The van der Waals surface area contributed by atoms with Gasteiger partial charge in [0.05, 0.1) is 5.52 Å². The molecule has 0 unspecified atom stereocenters. The lowest BCUT2D eigenvalue weighted by Gasteiger charge is -2.32. The van der Waals surface area contributed by atoms with Crippen LogP contribution in [0.15, 0.2) is 47.3 Å². The number of phenols is 2. The molecule has 9 heteroatoms. The van der Waals surface area contributed by atoms with E-state index < -0.39 is 6.61 Å². The molecule has 2 heterocycles. The number of fused-ring (bicyclic) bond motifs is 1. The summed E-state index contributed by atoms with van der Waals surface area (Å²) in [7, 11) is 0. The van der Waals surface area contributed by atoms with Crippen LogP contribution in [-0.2, 0) is 13.1 Å². The van der Waals surface area contributed by atoms with Crippen molar-refractivity contribution < 1.29 is 23.7 Å². The first-order valence-electron chi connectivity index (χ1n) is 11.4. The van der Waals surface area contributed by atoms with Crippen LogP contribution in [0, 0.1) is 6.92 Å². The predicted octanol–water partition coefficient (Wildman–Crippen LogP) is 3.58. The fourth-order valence-electron chi connectivity index (χ4n) is 4.48. The fraction of sp³-hybridized carbons (Fsp3) is 0.400. The van der Waals surface area contributed by atoms with Gasteiger partial charge in [-0.2, -0.15) is 8.78 Å².